The fraction of sp³-hybridized carbons (Fsp3) is 0.176. The summed E-state index contributed by atoms with van der Waals surface area (Å²) < 4.78 is 0. The number of anilines is 2. The van der Waals surface area contributed by atoms with Crippen molar-refractivity contribution in [2.24, 2.45) is 0 Å². The molecule has 0 amide bonds. The van der Waals surface area contributed by atoms with E-state index < -0.39 is 0 Å². The maximum absolute atomic E-state index is 12.2. The molecule has 0 spiro atoms. The minimum absolute atomic E-state index is 0.0152. The van der Waals surface area contributed by atoms with Gasteiger partial charge in [-0.05, 0) is 43.0 Å². The lowest BCUT2D eigenvalue weighted by atomic mass is 9.95. The topological polar surface area (TPSA) is 97.8 Å². The first-order valence-corrected chi connectivity index (χ1v) is 7.32. The van der Waals surface area contributed by atoms with Crippen LogP contribution in [0.1, 0.15) is 17.5 Å². The quantitative estimate of drug-likeness (QED) is 0.599. The molecule has 5 N–H and O–H groups in total. The summed E-state index contributed by atoms with van der Waals surface area (Å²) in [5, 5.41) is 1.03. The lowest BCUT2D eigenvalue weighted by Crippen LogP contribution is -2.13. The van der Waals surface area contributed by atoms with Crippen LogP contribution >= 0.6 is 0 Å². The van der Waals surface area contributed by atoms with Crippen LogP contribution in [0.5, 0.6) is 0 Å². The molecule has 0 saturated heterocycles. The number of aryl methyl sites for hydroxylation is 1. The molecule has 0 aliphatic heterocycles. The summed E-state index contributed by atoms with van der Waals surface area (Å²) >= 11 is 0. The van der Waals surface area contributed by atoms with Crippen LogP contribution in [-0.4, -0.2) is 9.97 Å². The van der Waals surface area contributed by atoms with Gasteiger partial charge in [0.2, 0.25) is 0 Å². The third kappa shape index (κ3) is 1.79. The summed E-state index contributed by atoms with van der Waals surface area (Å²) in [6.07, 6.45) is 6.10. The Hall–Kier alpha value is -2.82. The number of aromatic amines is 1. The zero-order valence-corrected chi connectivity index (χ0v) is 12.0. The molecule has 22 heavy (non-hydrogen) atoms. The predicted octanol–water partition coefficient (Wildman–Crippen LogP) is 2.24. The molecule has 5 nitrogen and oxygen atoms in total. The lowest BCUT2D eigenvalue weighted by Gasteiger charge is -2.14. The van der Waals surface area contributed by atoms with Crippen molar-refractivity contribution in [3.63, 3.8) is 0 Å². The van der Waals surface area contributed by atoms with Gasteiger partial charge in [0, 0.05) is 45.7 Å². The molecule has 3 aromatic rings. The largest absolute Gasteiger partial charge is 0.398 e. The first-order valence-electron chi connectivity index (χ1n) is 7.32. The molecule has 0 bridgehead atoms. The second-order valence-corrected chi connectivity index (χ2v) is 5.72. The standard InChI is InChI=1S/C17H16N4O/c18-10-6-9(7-20-8-10)15-13(19)4-5-14-16(15)11-2-1-3-12(11)17(22)21-14/h4-8H,1-3,18-19H2,(H,21,22). The van der Waals surface area contributed by atoms with Gasteiger partial charge >= 0.3 is 0 Å². The van der Waals surface area contributed by atoms with Crippen LogP contribution in [0.25, 0.3) is 22.0 Å². The number of aromatic nitrogens is 2. The normalized spacial score (nSPS) is 13.5. The number of nitrogens with zero attached hydrogens (tertiary/aromatic N) is 1. The van der Waals surface area contributed by atoms with Gasteiger partial charge in [0.15, 0.2) is 0 Å². The zero-order valence-electron chi connectivity index (χ0n) is 12.0. The maximum atomic E-state index is 12.2. The van der Waals surface area contributed by atoms with Crippen LogP contribution in [0, 0.1) is 0 Å². The third-order valence-electron chi connectivity index (χ3n) is 4.33. The molecule has 2 aromatic heterocycles. The van der Waals surface area contributed by atoms with E-state index in [-0.39, 0.29) is 5.56 Å². The molecule has 0 fully saturated rings. The van der Waals surface area contributed by atoms with Crippen LogP contribution in [0.2, 0.25) is 0 Å². The van der Waals surface area contributed by atoms with Crippen molar-refractivity contribution >= 4 is 22.3 Å². The number of H-pyrrole nitrogens is 1. The van der Waals surface area contributed by atoms with E-state index in [4.69, 9.17) is 11.5 Å². The van der Waals surface area contributed by atoms with Gasteiger partial charge in [-0.25, -0.2) is 0 Å². The van der Waals surface area contributed by atoms with E-state index in [1.165, 1.54) is 0 Å². The highest BCUT2D eigenvalue weighted by Crippen LogP contribution is 2.38. The van der Waals surface area contributed by atoms with Crippen molar-refractivity contribution in [1.82, 2.24) is 9.97 Å². The van der Waals surface area contributed by atoms with E-state index >= 15 is 0 Å². The SMILES string of the molecule is Nc1cncc(-c2c(N)ccc3[nH]c(=O)c4c(c23)CCC4)c1. The Morgan fingerprint density at radius 3 is 2.73 bits per heavy atom. The Balaban J connectivity index is 2.16. The Morgan fingerprint density at radius 1 is 1.09 bits per heavy atom. The van der Waals surface area contributed by atoms with Gasteiger partial charge < -0.3 is 16.5 Å². The van der Waals surface area contributed by atoms with Crippen molar-refractivity contribution in [1.29, 1.82) is 0 Å². The van der Waals surface area contributed by atoms with Crippen molar-refractivity contribution in [2.45, 2.75) is 19.3 Å². The highest BCUT2D eigenvalue weighted by Gasteiger charge is 2.21. The van der Waals surface area contributed by atoms with Gasteiger partial charge in [-0.2, -0.15) is 0 Å². The van der Waals surface area contributed by atoms with Crippen LogP contribution < -0.4 is 17.0 Å². The van der Waals surface area contributed by atoms with Crippen LogP contribution in [-0.2, 0) is 12.8 Å². The van der Waals surface area contributed by atoms with Gasteiger partial charge in [0.1, 0.15) is 0 Å². The molecule has 1 aliphatic carbocycles. The van der Waals surface area contributed by atoms with E-state index in [0.717, 1.165) is 52.4 Å². The Morgan fingerprint density at radius 2 is 1.91 bits per heavy atom. The number of nitrogens with two attached hydrogens (primary N) is 2. The van der Waals surface area contributed by atoms with Crippen LogP contribution in [0.3, 0.4) is 0 Å². The van der Waals surface area contributed by atoms with Crippen molar-refractivity contribution in [3.8, 4) is 11.1 Å². The van der Waals surface area contributed by atoms with E-state index in [2.05, 4.69) is 9.97 Å². The molecule has 2 heterocycles. The molecule has 0 radical (unpaired) electrons. The minimum atomic E-state index is 0.0152. The molecule has 5 heteroatoms. The second-order valence-electron chi connectivity index (χ2n) is 5.72. The van der Waals surface area contributed by atoms with Crippen LogP contribution in [0.4, 0.5) is 11.4 Å². The van der Waals surface area contributed by atoms with E-state index in [0.29, 0.717) is 11.4 Å². The molecular formula is C17H16N4O. The van der Waals surface area contributed by atoms with Gasteiger partial charge in [0.25, 0.3) is 5.56 Å². The molecule has 1 aliphatic rings. The van der Waals surface area contributed by atoms with Gasteiger partial charge in [-0.15, -0.1) is 0 Å². The number of hydrogen-bond acceptors (Lipinski definition) is 4. The summed E-state index contributed by atoms with van der Waals surface area (Å²) in [6.45, 7) is 0. The van der Waals surface area contributed by atoms with Gasteiger partial charge in [-0.3, -0.25) is 9.78 Å². The molecule has 110 valence electrons. The summed E-state index contributed by atoms with van der Waals surface area (Å²) in [5.41, 5.74) is 18.0. The summed E-state index contributed by atoms with van der Waals surface area (Å²) in [6, 6.07) is 5.55. The fourth-order valence-corrected chi connectivity index (χ4v) is 3.41. The third-order valence-corrected chi connectivity index (χ3v) is 4.33. The zero-order chi connectivity index (χ0) is 15.3. The summed E-state index contributed by atoms with van der Waals surface area (Å²) in [5.74, 6) is 0. The monoisotopic (exact) mass is 292 g/mol. The average molecular weight is 292 g/mol. The van der Waals surface area contributed by atoms with E-state index in [1.807, 2.05) is 18.2 Å². The number of nitrogen functional groups attached to an aromatic ring is 2. The number of benzene rings is 1. The molecule has 0 unspecified atom stereocenters. The molecule has 0 saturated carbocycles. The Labute approximate surface area is 127 Å². The summed E-state index contributed by atoms with van der Waals surface area (Å²) in [4.78, 5) is 19.3. The first-order chi connectivity index (χ1) is 10.6. The number of nitrogens with one attached hydrogen (secondary N) is 1. The highest BCUT2D eigenvalue weighted by atomic mass is 16.1. The average Bonchev–Trinajstić information content (AvgIpc) is 2.98. The molecule has 4 rings (SSSR count). The Bertz CT molecular complexity index is 959. The number of fused-ring (bicyclic) bond motifs is 3. The molecule has 1 aromatic carbocycles. The minimum Gasteiger partial charge on any atom is -0.398 e. The van der Waals surface area contributed by atoms with E-state index in [9.17, 15) is 4.79 Å². The number of hydrogen-bond donors (Lipinski definition) is 3. The second kappa shape index (κ2) is 4.59. The smallest absolute Gasteiger partial charge is 0.251 e. The number of pyridine rings is 2. The molecule has 0 atom stereocenters. The van der Waals surface area contributed by atoms with Crippen molar-refractivity contribution < 1.29 is 0 Å². The predicted molar refractivity (Wildman–Crippen MR) is 88.6 cm³/mol. The Kier molecular flexibility index (Phi) is 2.69. The fourth-order valence-electron chi connectivity index (χ4n) is 3.41. The van der Waals surface area contributed by atoms with Crippen molar-refractivity contribution in [3.05, 3.63) is 52.1 Å². The van der Waals surface area contributed by atoms with Gasteiger partial charge in [-0.1, -0.05) is 0 Å². The van der Waals surface area contributed by atoms with Crippen molar-refractivity contribution in [2.75, 3.05) is 11.5 Å². The van der Waals surface area contributed by atoms with Crippen LogP contribution in [0.15, 0.2) is 35.4 Å². The summed E-state index contributed by atoms with van der Waals surface area (Å²) in [7, 11) is 0. The highest BCUT2D eigenvalue weighted by molar-refractivity contribution is 6.03. The molecular weight excluding hydrogens is 276 g/mol. The van der Waals surface area contributed by atoms with Gasteiger partial charge in [0.05, 0.1) is 5.69 Å². The maximum Gasteiger partial charge on any atom is 0.251 e. The lowest BCUT2D eigenvalue weighted by molar-refractivity contribution is 0.909. The number of rotatable bonds is 1. The van der Waals surface area contributed by atoms with E-state index in [1.54, 1.807) is 12.4 Å². The first kappa shape index (κ1) is 12.9.